The molecule has 0 radical (unpaired) electrons. The van der Waals surface area contributed by atoms with E-state index in [1.165, 1.54) is 0 Å². The predicted molar refractivity (Wildman–Crippen MR) is 79.7 cm³/mol. The van der Waals surface area contributed by atoms with Crippen molar-refractivity contribution in [1.29, 1.82) is 5.26 Å². The molecule has 0 bridgehead atoms. The van der Waals surface area contributed by atoms with E-state index in [2.05, 4.69) is 10.4 Å². The molecule has 1 aromatic carbocycles. The Bertz CT molecular complexity index is 710. The first-order chi connectivity index (χ1) is 10.1. The summed E-state index contributed by atoms with van der Waals surface area (Å²) in [6.45, 7) is 7.23. The van der Waals surface area contributed by atoms with Crippen molar-refractivity contribution >= 4 is 5.91 Å². The van der Waals surface area contributed by atoms with Crippen LogP contribution in [-0.2, 0) is 13.1 Å². The first kappa shape index (κ1) is 14.8. The Morgan fingerprint density at radius 2 is 2.19 bits per heavy atom. The summed E-state index contributed by atoms with van der Waals surface area (Å²) < 4.78 is 1.92. The molecule has 1 aromatic heterocycles. The van der Waals surface area contributed by atoms with Crippen LogP contribution in [0.2, 0.25) is 0 Å². The van der Waals surface area contributed by atoms with Gasteiger partial charge in [0.2, 0.25) is 0 Å². The van der Waals surface area contributed by atoms with Crippen molar-refractivity contribution in [1.82, 2.24) is 15.1 Å². The minimum atomic E-state index is -0.185. The highest BCUT2D eigenvalue weighted by atomic mass is 16.1. The van der Waals surface area contributed by atoms with Gasteiger partial charge in [-0.25, -0.2) is 0 Å². The molecule has 108 valence electrons. The summed E-state index contributed by atoms with van der Waals surface area (Å²) in [6, 6.07) is 8.70. The number of nitriles is 1. The molecule has 0 aliphatic rings. The summed E-state index contributed by atoms with van der Waals surface area (Å²) in [4.78, 5) is 12.1. The number of aromatic nitrogens is 2. The van der Waals surface area contributed by atoms with Crippen LogP contribution >= 0.6 is 0 Å². The van der Waals surface area contributed by atoms with Crippen molar-refractivity contribution in [2.24, 2.45) is 0 Å². The van der Waals surface area contributed by atoms with Crippen molar-refractivity contribution in [3.05, 3.63) is 52.3 Å². The number of carbonyl (C=O) groups excluding carboxylic acids is 1. The van der Waals surface area contributed by atoms with Crippen LogP contribution in [0.3, 0.4) is 0 Å². The van der Waals surface area contributed by atoms with Gasteiger partial charge in [0.15, 0.2) is 0 Å². The summed E-state index contributed by atoms with van der Waals surface area (Å²) >= 11 is 0. The van der Waals surface area contributed by atoms with Crippen LogP contribution < -0.4 is 5.32 Å². The maximum absolute atomic E-state index is 12.1. The maximum atomic E-state index is 12.1. The molecule has 0 aliphatic heterocycles. The number of aryl methyl sites for hydroxylation is 2. The molecule has 0 saturated heterocycles. The van der Waals surface area contributed by atoms with E-state index in [4.69, 9.17) is 5.26 Å². The average molecular weight is 282 g/mol. The minimum absolute atomic E-state index is 0.185. The molecule has 1 heterocycles. The quantitative estimate of drug-likeness (QED) is 0.935. The van der Waals surface area contributed by atoms with Crippen molar-refractivity contribution < 1.29 is 4.79 Å². The lowest BCUT2D eigenvalue weighted by molar-refractivity contribution is 0.0951. The van der Waals surface area contributed by atoms with Crippen LogP contribution in [0.1, 0.15) is 39.8 Å². The van der Waals surface area contributed by atoms with Gasteiger partial charge in [0.1, 0.15) is 0 Å². The molecular formula is C16H18N4O. The highest BCUT2D eigenvalue weighted by Gasteiger charge is 2.12. The Kier molecular flexibility index (Phi) is 4.39. The molecule has 21 heavy (non-hydrogen) atoms. The van der Waals surface area contributed by atoms with E-state index in [1.807, 2.05) is 31.5 Å². The number of amides is 1. The third-order valence-electron chi connectivity index (χ3n) is 3.51. The number of carbonyl (C=O) groups is 1. The number of nitrogens with one attached hydrogen (secondary N) is 1. The highest BCUT2D eigenvalue weighted by molar-refractivity contribution is 5.94. The van der Waals surface area contributed by atoms with Gasteiger partial charge in [0.25, 0.3) is 5.91 Å². The third-order valence-corrected chi connectivity index (χ3v) is 3.51. The molecule has 0 atom stereocenters. The Labute approximate surface area is 124 Å². The van der Waals surface area contributed by atoms with Crippen LogP contribution in [0.5, 0.6) is 0 Å². The summed E-state index contributed by atoms with van der Waals surface area (Å²) in [5, 5.41) is 16.2. The molecule has 5 nitrogen and oxygen atoms in total. The number of rotatable bonds is 4. The molecule has 2 aromatic rings. The topological polar surface area (TPSA) is 70.7 Å². The second kappa shape index (κ2) is 6.23. The lowest BCUT2D eigenvalue weighted by Gasteiger charge is -2.06. The van der Waals surface area contributed by atoms with E-state index in [-0.39, 0.29) is 5.91 Å². The monoisotopic (exact) mass is 282 g/mol. The van der Waals surface area contributed by atoms with E-state index < -0.39 is 0 Å². The van der Waals surface area contributed by atoms with Gasteiger partial charge in [0.05, 0.1) is 17.3 Å². The van der Waals surface area contributed by atoms with Gasteiger partial charge in [-0.15, -0.1) is 0 Å². The van der Waals surface area contributed by atoms with E-state index in [0.29, 0.717) is 17.7 Å². The molecule has 2 rings (SSSR count). The fraction of sp³-hybridized carbons (Fsp3) is 0.312. The average Bonchev–Trinajstić information content (AvgIpc) is 2.79. The summed E-state index contributed by atoms with van der Waals surface area (Å²) in [5.41, 5.74) is 4.02. The van der Waals surface area contributed by atoms with Crippen LogP contribution in [0.25, 0.3) is 0 Å². The minimum Gasteiger partial charge on any atom is -0.348 e. The van der Waals surface area contributed by atoms with E-state index in [9.17, 15) is 4.79 Å². The van der Waals surface area contributed by atoms with Crippen molar-refractivity contribution in [2.75, 3.05) is 0 Å². The molecule has 0 aliphatic carbocycles. The first-order valence-electron chi connectivity index (χ1n) is 6.88. The van der Waals surface area contributed by atoms with Crippen molar-refractivity contribution in [3.8, 4) is 6.07 Å². The summed E-state index contributed by atoms with van der Waals surface area (Å²) in [7, 11) is 0. The second-order valence-electron chi connectivity index (χ2n) is 4.84. The van der Waals surface area contributed by atoms with Gasteiger partial charge < -0.3 is 5.32 Å². The number of benzene rings is 1. The lowest BCUT2D eigenvalue weighted by Crippen LogP contribution is -2.23. The number of hydrogen-bond acceptors (Lipinski definition) is 3. The number of hydrogen-bond donors (Lipinski definition) is 1. The number of nitrogens with zero attached hydrogens (tertiary/aromatic N) is 3. The SMILES string of the molecule is CCn1nc(C)c(CNC(=O)c2cccc(C#N)c2)c1C. The van der Waals surface area contributed by atoms with Crippen LogP contribution in [-0.4, -0.2) is 15.7 Å². The van der Waals surface area contributed by atoms with Gasteiger partial charge in [-0.2, -0.15) is 10.4 Å². The van der Waals surface area contributed by atoms with Crippen LogP contribution in [0.15, 0.2) is 24.3 Å². The van der Waals surface area contributed by atoms with Crippen LogP contribution in [0.4, 0.5) is 0 Å². The van der Waals surface area contributed by atoms with Gasteiger partial charge >= 0.3 is 0 Å². The van der Waals surface area contributed by atoms with Crippen LogP contribution in [0, 0.1) is 25.2 Å². The molecule has 0 saturated carbocycles. The standard InChI is InChI=1S/C16H18N4O/c1-4-20-12(3)15(11(2)19-20)10-18-16(21)14-7-5-6-13(8-14)9-17/h5-8H,4,10H2,1-3H3,(H,18,21). The summed E-state index contributed by atoms with van der Waals surface area (Å²) in [5.74, 6) is -0.185. The Morgan fingerprint density at radius 1 is 1.43 bits per heavy atom. The zero-order chi connectivity index (χ0) is 15.4. The van der Waals surface area contributed by atoms with E-state index >= 15 is 0 Å². The first-order valence-corrected chi connectivity index (χ1v) is 6.88. The molecule has 5 heteroatoms. The van der Waals surface area contributed by atoms with Crippen molar-refractivity contribution in [3.63, 3.8) is 0 Å². The fourth-order valence-corrected chi connectivity index (χ4v) is 2.30. The van der Waals surface area contributed by atoms with E-state index in [0.717, 1.165) is 23.5 Å². The zero-order valence-corrected chi connectivity index (χ0v) is 12.5. The van der Waals surface area contributed by atoms with Gasteiger partial charge in [-0.05, 0) is 39.0 Å². The predicted octanol–water partition coefficient (Wildman–Crippen LogP) is 2.32. The van der Waals surface area contributed by atoms with Gasteiger partial charge in [-0.3, -0.25) is 9.48 Å². The molecule has 1 amide bonds. The second-order valence-corrected chi connectivity index (χ2v) is 4.84. The largest absolute Gasteiger partial charge is 0.348 e. The van der Waals surface area contributed by atoms with Gasteiger partial charge in [0, 0.05) is 29.9 Å². The molecule has 1 N–H and O–H groups in total. The third kappa shape index (κ3) is 3.11. The Morgan fingerprint density at radius 3 is 2.81 bits per heavy atom. The lowest BCUT2D eigenvalue weighted by atomic mass is 10.1. The molecular weight excluding hydrogens is 264 g/mol. The molecule has 0 unspecified atom stereocenters. The normalized spacial score (nSPS) is 10.2. The highest BCUT2D eigenvalue weighted by Crippen LogP contribution is 2.13. The zero-order valence-electron chi connectivity index (χ0n) is 12.5. The van der Waals surface area contributed by atoms with E-state index in [1.54, 1.807) is 24.3 Å². The molecule has 0 fully saturated rings. The van der Waals surface area contributed by atoms with Crippen molar-refractivity contribution in [2.45, 2.75) is 33.9 Å². The smallest absolute Gasteiger partial charge is 0.251 e. The van der Waals surface area contributed by atoms with Gasteiger partial charge in [-0.1, -0.05) is 6.07 Å². The molecule has 0 spiro atoms. The maximum Gasteiger partial charge on any atom is 0.251 e. The Balaban J connectivity index is 2.11. The Hall–Kier alpha value is -2.61. The summed E-state index contributed by atoms with van der Waals surface area (Å²) in [6.07, 6.45) is 0. The fourth-order valence-electron chi connectivity index (χ4n) is 2.30.